The van der Waals surface area contributed by atoms with Crippen LogP contribution in [-0.2, 0) is 6.42 Å². The van der Waals surface area contributed by atoms with Gasteiger partial charge in [0.1, 0.15) is 16.9 Å². The molecule has 0 radical (unpaired) electrons. The van der Waals surface area contributed by atoms with Crippen molar-refractivity contribution in [1.82, 2.24) is 4.98 Å². The van der Waals surface area contributed by atoms with Crippen molar-refractivity contribution in [3.63, 3.8) is 0 Å². The molecule has 0 spiro atoms. The standard InChI is InChI=1S/C15H14N2O6/c16-12-10(14(20)21)9(11(15(22)23)13(19)17-12)8-3-1-7(2-4-8)5-6-18/h1-4,18H,5-6H2,(H,20,21)(H,22,23)(H3,16,17,19). The predicted octanol–water partition coefficient (Wildman–Crippen LogP) is 0.555. The number of carbonyl (C=O) groups is 2. The van der Waals surface area contributed by atoms with E-state index in [0.29, 0.717) is 6.42 Å². The lowest BCUT2D eigenvalue weighted by molar-refractivity contribution is 0.0695. The van der Waals surface area contributed by atoms with Gasteiger partial charge in [-0.1, -0.05) is 24.3 Å². The van der Waals surface area contributed by atoms with Crippen molar-refractivity contribution in [3.05, 3.63) is 51.3 Å². The number of benzene rings is 1. The van der Waals surface area contributed by atoms with Crippen LogP contribution in [0.4, 0.5) is 5.82 Å². The molecule has 0 saturated heterocycles. The van der Waals surface area contributed by atoms with Crippen molar-refractivity contribution >= 4 is 17.8 Å². The van der Waals surface area contributed by atoms with Gasteiger partial charge in [0.25, 0.3) is 5.56 Å². The number of hydrogen-bond donors (Lipinski definition) is 5. The SMILES string of the molecule is Nc1[nH]c(=O)c(C(=O)O)c(-c2ccc(CCO)cc2)c1C(=O)O. The smallest absolute Gasteiger partial charge is 0.342 e. The lowest BCUT2D eigenvalue weighted by Crippen LogP contribution is -2.24. The van der Waals surface area contributed by atoms with Crippen molar-refractivity contribution in [2.24, 2.45) is 0 Å². The normalized spacial score (nSPS) is 10.5. The number of pyridine rings is 1. The van der Waals surface area contributed by atoms with Crippen LogP contribution in [0.1, 0.15) is 26.3 Å². The number of nitrogens with one attached hydrogen (secondary N) is 1. The fourth-order valence-corrected chi connectivity index (χ4v) is 2.30. The molecule has 1 aromatic carbocycles. The minimum absolute atomic E-state index is 0.0575. The van der Waals surface area contributed by atoms with Crippen LogP contribution in [0, 0.1) is 0 Å². The van der Waals surface area contributed by atoms with E-state index in [1.807, 2.05) is 4.98 Å². The van der Waals surface area contributed by atoms with Gasteiger partial charge in [-0.25, -0.2) is 9.59 Å². The average molecular weight is 318 g/mol. The second-order valence-electron chi connectivity index (χ2n) is 4.77. The Hall–Kier alpha value is -3.13. The van der Waals surface area contributed by atoms with Gasteiger partial charge in [0.05, 0.1) is 0 Å². The number of nitrogen functional groups attached to an aromatic ring is 1. The number of nitrogens with two attached hydrogens (primary N) is 1. The minimum Gasteiger partial charge on any atom is -0.478 e. The summed E-state index contributed by atoms with van der Waals surface area (Å²) in [7, 11) is 0. The third-order valence-corrected chi connectivity index (χ3v) is 3.32. The first-order chi connectivity index (χ1) is 10.9. The monoisotopic (exact) mass is 318 g/mol. The zero-order valence-corrected chi connectivity index (χ0v) is 11.9. The maximum absolute atomic E-state index is 11.9. The van der Waals surface area contributed by atoms with E-state index in [-0.39, 0.29) is 17.7 Å². The molecule has 0 aliphatic heterocycles. The quantitative estimate of drug-likeness (QED) is 0.539. The fourth-order valence-electron chi connectivity index (χ4n) is 2.30. The topological polar surface area (TPSA) is 154 Å². The second-order valence-corrected chi connectivity index (χ2v) is 4.77. The van der Waals surface area contributed by atoms with E-state index in [1.54, 1.807) is 12.1 Å². The maximum atomic E-state index is 11.9. The van der Waals surface area contributed by atoms with E-state index in [4.69, 9.17) is 10.8 Å². The Morgan fingerprint density at radius 1 is 1.04 bits per heavy atom. The minimum atomic E-state index is -1.55. The molecule has 0 atom stereocenters. The second kappa shape index (κ2) is 6.32. The molecule has 0 fully saturated rings. The van der Waals surface area contributed by atoms with Gasteiger partial charge in [0, 0.05) is 12.2 Å². The molecule has 2 aromatic rings. The van der Waals surface area contributed by atoms with E-state index in [9.17, 15) is 24.6 Å². The van der Waals surface area contributed by atoms with E-state index in [0.717, 1.165) is 5.56 Å². The van der Waals surface area contributed by atoms with Crippen molar-refractivity contribution in [2.75, 3.05) is 12.3 Å². The number of aliphatic hydroxyl groups excluding tert-OH is 1. The van der Waals surface area contributed by atoms with Crippen molar-refractivity contribution in [1.29, 1.82) is 0 Å². The molecule has 0 saturated carbocycles. The van der Waals surface area contributed by atoms with Crippen LogP contribution in [0.2, 0.25) is 0 Å². The predicted molar refractivity (Wildman–Crippen MR) is 81.6 cm³/mol. The Balaban J connectivity index is 2.79. The molecule has 0 bridgehead atoms. The van der Waals surface area contributed by atoms with Gasteiger partial charge in [-0.3, -0.25) is 4.79 Å². The Morgan fingerprint density at radius 2 is 1.61 bits per heavy atom. The molecule has 8 heteroatoms. The number of aliphatic hydroxyl groups is 1. The molecule has 2 rings (SSSR count). The Labute approximate surface area is 129 Å². The van der Waals surface area contributed by atoms with Gasteiger partial charge in [0.15, 0.2) is 0 Å². The lowest BCUT2D eigenvalue weighted by atomic mass is 9.94. The van der Waals surface area contributed by atoms with Crippen molar-refractivity contribution in [3.8, 4) is 11.1 Å². The molecule has 1 aromatic heterocycles. The van der Waals surface area contributed by atoms with Gasteiger partial charge in [-0.05, 0) is 17.5 Å². The molecular formula is C15H14N2O6. The summed E-state index contributed by atoms with van der Waals surface area (Å²) in [5.74, 6) is -3.42. The van der Waals surface area contributed by atoms with Crippen LogP contribution in [0.5, 0.6) is 0 Å². The van der Waals surface area contributed by atoms with Gasteiger partial charge >= 0.3 is 11.9 Å². The Kier molecular flexibility index (Phi) is 4.47. The molecule has 1 heterocycles. The summed E-state index contributed by atoms with van der Waals surface area (Å²) in [4.78, 5) is 36.7. The summed E-state index contributed by atoms with van der Waals surface area (Å²) in [5.41, 5.74) is 4.17. The number of anilines is 1. The van der Waals surface area contributed by atoms with E-state index in [1.165, 1.54) is 12.1 Å². The van der Waals surface area contributed by atoms with Crippen LogP contribution in [-0.4, -0.2) is 38.8 Å². The fraction of sp³-hybridized carbons (Fsp3) is 0.133. The van der Waals surface area contributed by atoms with Crippen molar-refractivity contribution in [2.45, 2.75) is 6.42 Å². The molecule has 0 unspecified atom stereocenters. The molecule has 8 nitrogen and oxygen atoms in total. The number of aromatic nitrogens is 1. The van der Waals surface area contributed by atoms with Gasteiger partial charge < -0.3 is 26.0 Å². The summed E-state index contributed by atoms with van der Waals surface area (Å²) in [6.45, 7) is -0.0575. The van der Waals surface area contributed by atoms with E-state index < -0.39 is 34.4 Å². The number of aromatic carboxylic acids is 2. The third-order valence-electron chi connectivity index (χ3n) is 3.32. The Bertz CT molecular complexity index is 823. The van der Waals surface area contributed by atoms with E-state index in [2.05, 4.69) is 0 Å². The summed E-state index contributed by atoms with van der Waals surface area (Å²) in [5, 5.41) is 27.5. The number of rotatable bonds is 5. The molecule has 0 aliphatic rings. The first-order valence-electron chi connectivity index (χ1n) is 6.59. The zero-order chi connectivity index (χ0) is 17.1. The molecule has 0 aliphatic carbocycles. The Morgan fingerprint density at radius 3 is 2.09 bits per heavy atom. The summed E-state index contributed by atoms with van der Waals surface area (Å²) in [6.07, 6.45) is 0.398. The van der Waals surface area contributed by atoms with Gasteiger partial charge in [0.2, 0.25) is 0 Å². The molecule has 6 N–H and O–H groups in total. The van der Waals surface area contributed by atoms with Gasteiger partial charge in [-0.2, -0.15) is 0 Å². The number of hydrogen-bond acceptors (Lipinski definition) is 5. The highest BCUT2D eigenvalue weighted by molar-refractivity contribution is 6.07. The summed E-state index contributed by atoms with van der Waals surface area (Å²) in [6, 6.07) is 6.19. The third kappa shape index (κ3) is 3.06. The largest absolute Gasteiger partial charge is 0.478 e. The zero-order valence-electron chi connectivity index (χ0n) is 11.9. The first kappa shape index (κ1) is 16.2. The van der Waals surface area contributed by atoms with Crippen LogP contribution in [0.15, 0.2) is 29.1 Å². The van der Waals surface area contributed by atoms with E-state index >= 15 is 0 Å². The van der Waals surface area contributed by atoms with Crippen LogP contribution in [0.3, 0.4) is 0 Å². The molecule has 0 amide bonds. The van der Waals surface area contributed by atoms with Crippen LogP contribution < -0.4 is 11.3 Å². The molecule has 23 heavy (non-hydrogen) atoms. The number of H-pyrrole nitrogens is 1. The lowest BCUT2D eigenvalue weighted by Gasteiger charge is -2.12. The highest BCUT2D eigenvalue weighted by atomic mass is 16.4. The number of carboxylic acids is 2. The number of aromatic amines is 1. The summed E-state index contributed by atoms with van der Waals surface area (Å²) < 4.78 is 0. The summed E-state index contributed by atoms with van der Waals surface area (Å²) >= 11 is 0. The van der Waals surface area contributed by atoms with Crippen LogP contribution >= 0.6 is 0 Å². The maximum Gasteiger partial charge on any atom is 0.342 e. The highest BCUT2D eigenvalue weighted by Gasteiger charge is 2.26. The van der Waals surface area contributed by atoms with Crippen molar-refractivity contribution < 1.29 is 24.9 Å². The first-order valence-corrected chi connectivity index (χ1v) is 6.59. The molecular weight excluding hydrogens is 304 g/mol. The van der Waals surface area contributed by atoms with Crippen LogP contribution in [0.25, 0.3) is 11.1 Å². The van der Waals surface area contributed by atoms with Gasteiger partial charge in [-0.15, -0.1) is 0 Å². The molecule has 120 valence electrons. The number of carboxylic acid groups (broad SMARTS) is 2. The highest BCUT2D eigenvalue weighted by Crippen LogP contribution is 2.29. The average Bonchev–Trinajstić information content (AvgIpc) is 2.46.